The highest BCUT2D eigenvalue weighted by atomic mass is 14.9. The van der Waals surface area contributed by atoms with E-state index in [-0.39, 0.29) is 0 Å². The molecule has 0 amide bonds. The molecule has 2 aliphatic rings. The van der Waals surface area contributed by atoms with E-state index in [0.29, 0.717) is 0 Å². The van der Waals surface area contributed by atoms with Gasteiger partial charge in [-0.1, -0.05) is 146 Å². The van der Waals surface area contributed by atoms with Crippen molar-refractivity contribution in [3.8, 4) is 180 Å². The monoisotopic (exact) mass is 1540 g/mol. The van der Waals surface area contributed by atoms with E-state index in [2.05, 4.69) is 200 Å². The summed E-state index contributed by atoms with van der Waals surface area (Å²) in [4.78, 5) is 78.0. The molecule has 0 aliphatic carbocycles. The Morgan fingerprint density at radius 3 is 0.567 bits per heavy atom. The lowest BCUT2D eigenvalue weighted by Crippen LogP contribution is -1.93. The molecule has 562 valence electrons. The Morgan fingerprint density at radius 1 is 0.150 bits per heavy atom. The summed E-state index contributed by atoms with van der Waals surface area (Å²) in [6, 6.07) is 107. The number of fused-ring (bicyclic) bond motifs is 8. The Hall–Kier alpha value is -16.7. The molecule has 19 aromatic rings. The van der Waals surface area contributed by atoms with Gasteiger partial charge in [0.15, 0.2) is 0 Å². The minimum absolute atomic E-state index is 0.748. The normalized spacial score (nSPS) is 11.6. The van der Waals surface area contributed by atoms with Crippen molar-refractivity contribution in [3.63, 3.8) is 0 Å². The van der Waals surface area contributed by atoms with Crippen LogP contribution in [0.25, 0.3) is 226 Å². The summed E-state index contributed by atoms with van der Waals surface area (Å²) in [5.41, 5.74) is 33.5. The van der Waals surface area contributed by atoms with E-state index in [1.807, 2.05) is 195 Å². The third-order valence-electron chi connectivity index (χ3n) is 21.5. The minimum atomic E-state index is 0.748. The Labute approximate surface area is 689 Å². The van der Waals surface area contributed by atoms with Gasteiger partial charge in [0.2, 0.25) is 0 Å². The van der Waals surface area contributed by atoms with Crippen molar-refractivity contribution in [3.05, 3.63) is 388 Å². The number of nitrogens with one attached hydrogen (secondary N) is 2. The van der Waals surface area contributed by atoms with Gasteiger partial charge in [-0.25, -0.2) is 29.9 Å². The van der Waals surface area contributed by atoms with Crippen LogP contribution in [0.2, 0.25) is 0 Å². The summed E-state index contributed by atoms with van der Waals surface area (Å²) in [7, 11) is 0. The Balaban J connectivity index is 0.740. The number of nitrogens with zero attached hydrogens (tertiary/aromatic N) is 14. The zero-order valence-electron chi connectivity index (χ0n) is 64.2. The number of H-pyrrole nitrogens is 2. The van der Waals surface area contributed by atoms with E-state index >= 15 is 0 Å². The van der Waals surface area contributed by atoms with Crippen LogP contribution in [0.5, 0.6) is 0 Å². The van der Waals surface area contributed by atoms with Crippen molar-refractivity contribution in [1.29, 1.82) is 0 Å². The van der Waals surface area contributed by atoms with Gasteiger partial charge in [-0.15, -0.1) is 0 Å². The SMILES string of the molecule is C1=Cc2nc1c(-c1cccc(-c3ccc(-c4cccc(-c5ccccn5)n4)nc3)c1)c1ccc([nH]1)c(-c1cccc(-c3ccc(-c4cccc(-c5ccccn5)n4)nc3)c1)c1nc(c(-c3cccc(-c4ccc(-c5cccc(-c6ccccn6)n5)nc4)c3)c3ccc([nH]3)c2-c2cccc(-c3ccc(-c4cccc(-c5ccccn5)n4)nc3)c2)C=C1. The molecule has 2 aliphatic heterocycles. The molecule has 21 rings (SSSR count). The number of aromatic amines is 2. The van der Waals surface area contributed by atoms with Gasteiger partial charge < -0.3 is 9.97 Å². The maximum atomic E-state index is 5.81. The first kappa shape index (κ1) is 71.1. The second-order valence-corrected chi connectivity index (χ2v) is 29.0. The average molecular weight is 1540 g/mol. The summed E-state index contributed by atoms with van der Waals surface area (Å²) in [6.07, 6.45) is 23.3. The van der Waals surface area contributed by atoms with Crippen LogP contribution in [0.15, 0.2) is 365 Å². The zero-order valence-corrected chi connectivity index (χ0v) is 64.2. The maximum Gasteiger partial charge on any atom is 0.0894 e. The topological polar surface area (TPSA) is 212 Å². The van der Waals surface area contributed by atoms with Crippen LogP contribution < -0.4 is 0 Å². The molecular weight excluding hydrogens is 1470 g/mol. The molecule has 0 spiro atoms. The fourth-order valence-electron chi connectivity index (χ4n) is 15.6. The highest BCUT2D eigenvalue weighted by Crippen LogP contribution is 2.43. The van der Waals surface area contributed by atoms with Crippen molar-refractivity contribution < 1.29 is 0 Å². The number of pyridine rings is 12. The fourth-order valence-corrected chi connectivity index (χ4v) is 15.6. The van der Waals surface area contributed by atoms with E-state index in [1.165, 1.54) is 0 Å². The predicted octanol–water partition coefficient (Wildman–Crippen LogP) is 24.1. The molecule has 4 aromatic carbocycles. The molecule has 16 heteroatoms. The van der Waals surface area contributed by atoms with Crippen LogP contribution in [0.1, 0.15) is 22.8 Å². The summed E-state index contributed by atoms with van der Waals surface area (Å²) in [5.74, 6) is 0. The number of hydrogen-bond acceptors (Lipinski definition) is 14. The summed E-state index contributed by atoms with van der Waals surface area (Å²) >= 11 is 0. The maximum absolute atomic E-state index is 5.81. The summed E-state index contributed by atoms with van der Waals surface area (Å²) in [5, 5.41) is 0. The number of rotatable bonds is 16. The third-order valence-corrected chi connectivity index (χ3v) is 21.5. The lowest BCUT2D eigenvalue weighted by atomic mass is 9.98. The zero-order chi connectivity index (χ0) is 79.7. The smallest absolute Gasteiger partial charge is 0.0894 e. The molecule has 0 saturated heterocycles. The fraction of sp³-hybridized carbons (Fsp3) is 0. The van der Waals surface area contributed by atoms with Gasteiger partial charge in [0, 0.05) is 116 Å². The van der Waals surface area contributed by atoms with Gasteiger partial charge in [-0.05, 0) is 239 Å². The average Bonchev–Trinajstić information content (AvgIpc) is 1.60. The molecule has 0 radical (unpaired) electrons. The largest absolute Gasteiger partial charge is 0.354 e. The van der Waals surface area contributed by atoms with E-state index in [1.54, 1.807) is 24.8 Å². The van der Waals surface area contributed by atoms with Crippen molar-refractivity contribution in [2.45, 2.75) is 0 Å². The molecular formula is C104H66N16. The lowest BCUT2D eigenvalue weighted by Gasteiger charge is -2.10. The van der Waals surface area contributed by atoms with Gasteiger partial charge in [-0.3, -0.25) is 39.9 Å². The standard InChI is InChI=1S/C104H66N16/c1-5-53-105-77(25-1)85-29-13-33-89(113-85)81-41-37-73(61-109-81)65-17-9-21-69(57-65)101-93-45-47-95(117-93)102(70-22-10-18-66(58-70)74-38-42-82(110-62-74)90-34-14-30-86(114-90)78-26-2-6-54-106-78)97-49-51-99(119-97)104(72-24-12-20-68(60-72)76-40-44-84(112-64-76)92-36-16-32-88(116-92)80-28-4-8-56-108-80)100-52-50-98(120-100)103(96-48-46-94(101)118-96)71-23-11-19-67(59-71)75-39-43-83(111-63-75)91-35-15-31-87(115-91)79-27-3-7-55-107-79/h1-64,117,120H. The van der Waals surface area contributed by atoms with Crippen LogP contribution in [-0.4, -0.2) is 79.7 Å². The van der Waals surface area contributed by atoms with Gasteiger partial charge in [0.1, 0.15) is 0 Å². The highest BCUT2D eigenvalue weighted by molar-refractivity contribution is 6.01. The van der Waals surface area contributed by atoms with Crippen molar-refractivity contribution >= 4 is 46.4 Å². The molecule has 15 aromatic heterocycles. The van der Waals surface area contributed by atoms with Crippen molar-refractivity contribution in [1.82, 2.24) is 79.7 Å². The Bertz CT molecular complexity index is 6490. The Morgan fingerprint density at radius 2 is 0.358 bits per heavy atom. The molecule has 0 atom stereocenters. The van der Waals surface area contributed by atoms with Crippen LogP contribution in [0, 0.1) is 0 Å². The van der Waals surface area contributed by atoms with Crippen molar-refractivity contribution in [2.24, 2.45) is 0 Å². The first-order chi connectivity index (χ1) is 59.4. The van der Waals surface area contributed by atoms with Crippen LogP contribution in [-0.2, 0) is 0 Å². The molecule has 0 fully saturated rings. The Kier molecular flexibility index (Phi) is 18.5. The van der Waals surface area contributed by atoms with Gasteiger partial charge in [0.05, 0.1) is 114 Å². The van der Waals surface area contributed by atoms with E-state index in [4.69, 9.17) is 49.8 Å². The highest BCUT2D eigenvalue weighted by Gasteiger charge is 2.23. The molecule has 17 heterocycles. The summed E-state index contributed by atoms with van der Waals surface area (Å²) < 4.78 is 0. The quantitative estimate of drug-likeness (QED) is 0.0921. The van der Waals surface area contributed by atoms with Crippen molar-refractivity contribution in [2.75, 3.05) is 0 Å². The minimum Gasteiger partial charge on any atom is -0.354 e. The molecule has 0 unspecified atom stereocenters. The van der Waals surface area contributed by atoms with Crippen LogP contribution >= 0.6 is 0 Å². The van der Waals surface area contributed by atoms with Crippen LogP contribution in [0.4, 0.5) is 0 Å². The molecule has 2 N–H and O–H groups in total. The number of hydrogen-bond donors (Lipinski definition) is 2. The first-order valence-corrected chi connectivity index (χ1v) is 39.4. The van der Waals surface area contributed by atoms with Gasteiger partial charge >= 0.3 is 0 Å². The molecule has 16 nitrogen and oxygen atoms in total. The first-order valence-electron chi connectivity index (χ1n) is 39.4. The second kappa shape index (κ2) is 31.2. The third kappa shape index (κ3) is 14.3. The van der Waals surface area contributed by atoms with Gasteiger partial charge in [-0.2, -0.15) is 0 Å². The van der Waals surface area contributed by atoms with Crippen LogP contribution in [0.3, 0.4) is 0 Å². The lowest BCUT2D eigenvalue weighted by molar-refractivity contribution is 1.22. The second-order valence-electron chi connectivity index (χ2n) is 29.0. The van der Waals surface area contributed by atoms with E-state index in [0.717, 1.165) is 225 Å². The van der Waals surface area contributed by atoms with E-state index in [9.17, 15) is 0 Å². The van der Waals surface area contributed by atoms with Gasteiger partial charge in [0.25, 0.3) is 0 Å². The molecule has 120 heavy (non-hydrogen) atoms. The molecule has 0 saturated carbocycles. The van der Waals surface area contributed by atoms with E-state index < -0.39 is 0 Å². The molecule has 8 bridgehead atoms. The number of benzene rings is 4. The summed E-state index contributed by atoms with van der Waals surface area (Å²) in [6.45, 7) is 0. The number of aromatic nitrogens is 16. The predicted molar refractivity (Wildman–Crippen MR) is 479 cm³/mol.